The zero-order chi connectivity index (χ0) is 20.1. The molecule has 2 heterocycles. The second kappa shape index (κ2) is 6.85. The van der Waals surface area contributed by atoms with E-state index in [9.17, 15) is 22.7 Å². The number of aliphatic hydroxyl groups is 1. The molecule has 0 radical (unpaired) electrons. The maximum absolute atomic E-state index is 13.3. The second-order valence-corrected chi connectivity index (χ2v) is 8.82. The van der Waals surface area contributed by atoms with Gasteiger partial charge in [0.1, 0.15) is 5.82 Å². The zero-order valence-electron chi connectivity index (χ0n) is 14.3. The van der Waals surface area contributed by atoms with Crippen molar-refractivity contribution in [3.63, 3.8) is 0 Å². The Bertz CT molecular complexity index is 1190. The zero-order valence-corrected chi connectivity index (χ0v) is 15.9. The number of aromatic amines is 1. The van der Waals surface area contributed by atoms with Gasteiger partial charge in [0, 0.05) is 30.4 Å². The molecule has 7 nitrogen and oxygen atoms in total. The molecular weight excluding hydrogens is 409 g/mol. The van der Waals surface area contributed by atoms with Crippen molar-refractivity contribution in [3.05, 3.63) is 59.0 Å². The van der Waals surface area contributed by atoms with Gasteiger partial charge in [0.15, 0.2) is 0 Å². The predicted molar refractivity (Wildman–Crippen MR) is 102 cm³/mol. The number of fused-ring (bicyclic) bond motifs is 1. The third kappa shape index (κ3) is 3.26. The molecule has 4 rings (SSSR count). The molecule has 28 heavy (non-hydrogen) atoms. The highest BCUT2D eigenvalue weighted by molar-refractivity contribution is 7.89. The average Bonchev–Trinajstić information content (AvgIpc) is 3.09. The van der Waals surface area contributed by atoms with Crippen molar-refractivity contribution in [1.29, 1.82) is 0 Å². The van der Waals surface area contributed by atoms with Crippen LogP contribution in [0.3, 0.4) is 0 Å². The number of H-pyrrole nitrogens is 1. The van der Waals surface area contributed by atoms with Gasteiger partial charge in [-0.2, -0.15) is 4.31 Å². The Morgan fingerprint density at radius 2 is 2.00 bits per heavy atom. The highest BCUT2D eigenvalue weighted by Gasteiger charge is 2.36. The van der Waals surface area contributed by atoms with Crippen LogP contribution in [0.2, 0.25) is 5.02 Å². The number of nitrogens with zero attached hydrogens (tertiary/aromatic N) is 1. The summed E-state index contributed by atoms with van der Waals surface area (Å²) in [5, 5.41) is 12.4. The van der Waals surface area contributed by atoms with E-state index in [2.05, 4.69) is 10.3 Å². The summed E-state index contributed by atoms with van der Waals surface area (Å²) in [6.45, 7) is 0.0340. The van der Waals surface area contributed by atoms with Gasteiger partial charge < -0.3 is 15.4 Å². The fourth-order valence-electron chi connectivity index (χ4n) is 3.01. The minimum absolute atomic E-state index is 0.0170. The number of amides is 1. The molecule has 1 saturated heterocycles. The number of halogens is 2. The van der Waals surface area contributed by atoms with Crippen LogP contribution in [0.1, 0.15) is 10.4 Å². The first-order chi connectivity index (χ1) is 13.3. The Kier molecular flexibility index (Phi) is 4.62. The number of benzene rings is 2. The third-order valence-electron chi connectivity index (χ3n) is 4.52. The van der Waals surface area contributed by atoms with Crippen molar-refractivity contribution in [3.8, 4) is 0 Å². The van der Waals surface area contributed by atoms with E-state index in [1.54, 1.807) is 12.3 Å². The van der Waals surface area contributed by atoms with E-state index in [4.69, 9.17) is 11.6 Å². The fraction of sp³-hybridized carbons (Fsp3) is 0.167. The molecule has 2 aromatic carbocycles. The standard InChI is InChI=1S/C18H15ClFN3O4S/c19-15-6-11(1-2-16(15)20)22-18(25)14-7-13(5-10-3-4-21-17(10)14)28(26,27)23-8-12(24)9-23/h1-7,12,21,24H,8-9H2,(H,22,25). The predicted octanol–water partition coefficient (Wildman–Crippen LogP) is 2.58. The Morgan fingerprint density at radius 1 is 1.25 bits per heavy atom. The summed E-state index contributed by atoms with van der Waals surface area (Å²) in [5.74, 6) is -1.19. The first-order valence-corrected chi connectivity index (χ1v) is 10.1. The Labute approximate surface area is 164 Å². The van der Waals surface area contributed by atoms with Crippen LogP contribution in [0.25, 0.3) is 10.9 Å². The van der Waals surface area contributed by atoms with Gasteiger partial charge in [-0.25, -0.2) is 12.8 Å². The van der Waals surface area contributed by atoms with Gasteiger partial charge in [0.2, 0.25) is 10.0 Å². The van der Waals surface area contributed by atoms with Crippen molar-refractivity contribution in [2.45, 2.75) is 11.0 Å². The lowest BCUT2D eigenvalue weighted by atomic mass is 10.1. The van der Waals surface area contributed by atoms with Crippen LogP contribution in [0, 0.1) is 5.82 Å². The second-order valence-electron chi connectivity index (χ2n) is 6.47. The third-order valence-corrected chi connectivity index (χ3v) is 6.62. The van der Waals surface area contributed by atoms with Crippen molar-refractivity contribution in [1.82, 2.24) is 9.29 Å². The summed E-state index contributed by atoms with van der Waals surface area (Å²) in [7, 11) is -3.84. The van der Waals surface area contributed by atoms with Crippen molar-refractivity contribution >= 4 is 44.1 Å². The number of hydrogen-bond acceptors (Lipinski definition) is 4. The molecule has 0 aliphatic carbocycles. The summed E-state index contributed by atoms with van der Waals surface area (Å²) >= 11 is 5.74. The minimum atomic E-state index is -3.84. The fourth-order valence-corrected chi connectivity index (χ4v) is 4.76. The van der Waals surface area contributed by atoms with Crippen molar-refractivity contribution < 1.29 is 22.7 Å². The molecule has 0 unspecified atom stereocenters. The number of aromatic nitrogens is 1. The van der Waals surface area contributed by atoms with Crippen LogP contribution in [0.4, 0.5) is 10.1 Å². The maximum Gasteiger partial charge on any atom is 0.257 e. The number of nitrogens with one attached hydrogen (secondary N) is 2. The van der Waals surface area contributed by atoms with Crippen LogP contribution >= 0.6 is 11.6 Å². The van der Waals surface area contributed by atoms with E-state index in [0.717, 1.165) is 10.4 Å². The SMILES string of the molecule is O=C(Nc1ccc(F)c(Cl)c1)c1cc(S(=O)(=O)N2CC(O)C2)cc2cc[nH]c12. The van der Waals surface area contributed by atoms with Crippen LogP contribution in [0.5, 0.6) is 0 Å². The van der Waals surface area contributed by atoms with E-state index < -0.39 is 27.9 Å². The first-order valence-electron chi connectivity index (χ1n) is 8.31. The largest absolute Gasteiger partial charge is 0.390 e. The first kappa shape index (κ1) is 18.9. The number of hydrogen-bond donors (Lipinski definition) is 3. The van der Waals surface area contributed by atoms with E-state index in [1.165, 1.54) is 24.3 Å². The molecule has 3 N–H and O–H groups in total. The number of sulfonamides is 1. The average molecular weight is 424 g/mol. The lowest BCUT2D eigenvalue weighted by molar-refractivity contribution is 0.0548. The van der Waals surface area contributed by atoms with E-state index in [0.29, 0.717) is 10.9 Å². The summed E-state index contributed by atoms with van der Waals surface area (Å²) in [4.78, 5) is 15.7. The molecule has 10 heteroatoms. The van der Waals surface area contributed by atoms with Gasteiger partial charge in [-0.3, -0.25) is 4.79 Å². The van der Waals surface area contributed by atoms with Crippen molar-refractivity contribution in [2.75, 3.05) is 18.4 Å². The summed E-state index contributed by atoms with van der Waals surface area (Å²) in [6, 6.07) is 8.15. The Morgan fingerprint density at radius 3 is 2.68 bits per heavy atom. The van der Waals surface area contributed by atoms with Gasteiger partial charge in [0.05, 0.1) is 27.1 Å². The lowest BCUT2D eigenvalue weighted by Crippen LogP contribution is -2.53. The molecule has 0 saturated carbocycles. The lowest BCUT2D eigenvalue weighted by Gasteiger charge is -2.34. The number of rotatable bonds is 4. The molecule has 3 aromatic rings. The summed E-state index contributed by atoms with van der Waals surface area (Å²) in [5.41, 5.74) is 0.853. The highest BCUT2D eigenvalue weighted by Crippen LogP contribution is 2.28. The van der Waals surface area contributed by atoms with Crippen LogP contribution in [-0.4, -0.2) is 47.9 Å². The Balaban J connectivity index is 1.72. The number of anilines is 1. The number of aliphatic hydroxyl groups excluding tert-OH is 1. The van der Waals surface area contributed by atoms with Gasteiger partial charge >= 0.3 is 0 Å². The Hall–Kier alpha value is -2.46. The molecule has 0 spiro atoms. The minimum Gasteiger partial charge on any atom is -0.390 e. The molecule has 1 aliphatic heterocycles. The summed E-state index contributed by atoms with van der Waals surface area (Å²) in [6.07, 6.45) is 0.914. The quantitative estimate of drug-likeness (QED) is 0.600. The smallest absolute Gasteiger partial charge is 0.257 e. The van der Waals surface area contributed by atoms with Crippen LogP contribution < -0.4 is 5.32 Å². The molecule has 1 aromatic heterocycles. The number of carbonyl (C=O) groups is 1. The van der Waals surface area contributed by atoms with E-state index in [1.807, 2.05) is 0 Å². The normalized spacial score (nSPS) is 15.5. The highest BCUT2D eigenvalue weighted by atomic mass is 35.5. The molecule has 1 aliphatic rings. The molecule has 0 atom stereocenters. The monoisotopic (exact) mass is 423 g/mol. The van der Waals surface area contributed by atoms with E-state index in [-0.39, 0.29) is 34.3 Å². The topological polar surface area (TPSA) is 102 Å². The summed E-state index contributed by atoms with van der Waals surface area (Å²) < 4.78 is 40.0. The number of β-amino-alcohol motifs (C(OH)–C–C–N with tert-alkyl or cyclic N) is 1. The van der Waals surface area contributed by atoms with Gasteiger partial charge in [0.25, 0.3) is 5.91 Å². The van der Waals surface area contributed by atoms with Crippen LogP contribution in [0.15, 0.2) is 47.5 Å². The van der Waals surface area contributed by atoms with E-state index >= 15 is 0 Å². The molecule has 146 valence electrons. The maximum atomic E-state index is 13.3. The van der Waals surface area contributed by atoms with Gasteiger partial charge in [-0.1, -0.05) is 11.6 Å². The van der Waals surface area contributed by atoms with Crippen LogP contribution in [-0.2, 0) is 10.0 Å². The molecular formula is C18H15ClFN3O4S. The van der Waals surface area contributed by atoms with Gasteiger partial charge in [-0.05, 0) is 36.4 Å². The molecule has 1 amide bonds. The molecule has 0 bridgehead atoms. The van der Waals surface area contributed by atoms with Gasteiger partial charge in [-0.15, -0.1) is 0 Å². The molecule has 1 fully saturated rings. The number of carbonyl (C=O) groups excluding carboxylic acids is 1. The van der Waals surface area contributed by atoms with Crippen molar-refractivity contribution in [2.24, 2.45) is 0 Å².